The predicted molar refractivity (Wildman–Crippen MR) is 143 cm³/mol. The van der Waals surface area contributed by atoms with Crippen molar-refractivity contribution in [3.05, 3.63) is 74.7 Å². The molecule has 1 aromatic heterocycles. The van der Waals surface area contributed by atoms with Crippen LogP contribution < -0.4 is 10.6 Å². The Morgan fingerprint density at radius 3 is 2.72 bits per heavy atom. The molecule has 11 heteroatoms. The van der Waals surface area contributed by atoms with Gasteiger partial charge in [-0.1, -0.05) is 29.8 Å². The lowest BCUT2D eigenvalue weighted by Crippen LogP contribution is -2.37. The SMILES string of the molecule is Cc1ccc(S(=O)(=O)N2CCC(c3nc(C(=O)Nc4cccc(C5=NCCN5)c4)cs3)CC2)cc1Cl. The lowest BCUT2D eigenvalue weighted by atomic mass is 9.99. The monoisotopic (exact) mass is 543 g/mol. The molecule has 2 N–H and O–H groups in total. The Bertz CT molecular complexity index is 1430. The molecule has 1 saturated heterocycles. The van der Waals surface area contributed by atoms with Gasteiger partial charge in [0.1, 0.15) is 11.5 Å². The van der Waals surface area contributed by atoms with Gasteiger partial charge in [-0.2, -0.15) is 4.31 Å². The molecule has 0 bridgehead atoms. The number of hydrogen-bond donors (Lipinski definition) is 2. The van der Waals surface area contributed by atoms with Crippen LogP contribution in [0.4, 0.5) is 5.69 Å². The Morgan fingerprint density at radius 2 is 2.00 bits per heavy atom. The summed E-state index contributed by atoms with van der Waals surface area (Å²) < 4.78 is 27.6. The molecule has 36 heavy (non-hydrogen) atoms. The van der Waals surface area contributed by atoms with E-state index in [4.69, 9.17) is 11.6 Å². The van der Waals surface area contributed by atoms with Gasteiger partial charge in [0.2, 0.25) is 10.0 Å². The number of benzene rings is 2. The van der Waals surface area contributed by atoms with E-state index in [0.717, 1.165) is 35.1 Å². The van der Waals surface area contributed by atoms with E-state index in [-0.39, 0.29) is 16.7 Å². The third kappa shape index (κ3) is 5.17. The maximum atomic E-state index is 13.1. The number of aromatic nitrogens is 1. The molecule has 8 nitrogen and oxygen atoms in total. The number of sulfonamides is 1. The minimum atomic E-state index is -3.60. The van der Waals surface area contributed by atoms with Crippen molar-refractivity contribution in [1.82, 2.24) is 14.6 Å². The first-order valence-electron chi connectivity index (χ1n) is 11.7. The molecule has 188 valence electrons. The summed E-state index contributed by atoms with van der Waals surface area (Å²) in [5.41, 5.74) is 2.81. The Hall–Kier alpha value is -2.79. The number of aryl methyl sites for hydroxylation is 1. The van der Waals surface area contributed by atoms with Crippen molar-refractivity contribution in [2.45, 2.75) is 30.6 Å². The van der Waals surface area contributed by atoms with Crippen molar-refractivity contribution >= 4 is 50.4 Å². The van der Waals surface area contributed by atoms with E-state index >= 15 is 0 Å². The third-order valence-electron chi connectivity index (χ3n) is 6.41. The molecule has 0 aliphatic carbocycles. The Labute approximate surface area is 219 Å². The summed E-state index contributed by atoms with van der Waals surface area (Å²) in [6, 6.07) is 12.4. The fraction of sp³-hybridized carbons (Fsp3) is 0.320. The smallest absolute Gasteiger partial charge is 0.275 e. The quantitative estimate of drug-likeness (QED) is 0.483. The average molecular weight is 544 g/mol. The Balaban J connectivity index is 1.21. The van der Waals surface area contributed by atoms with Gasteiger partial charge in [0, 0.05) is 47.2 Å². The molecule has 0 radical (unpaired) electrons. The zero-order valence-corrected chi connectivity index (χ0v) is 22.1. The first kappa shape index (κ1) is 24.9. The third-order valence-corrected chi connectivity index (χ3v) is 9.72. The molecule has 3 aromatic rings. The van der Waals surface area contributed by atoms with Crippen LogP contribution >= 0.6 is 22.9 Å². The zero-order chi connectivity index (χ0) is 25.3. The van der Waals surface area contributed by atoms with Crippen LogP contribution in [-0.4, -0.2) is 55.6 Å². The predicted octanol–water partition coefficient (Wildman–Crippen LogP) is 4.28. The standard InChI is InChI=1S/C25H26ClN5O3S2/c1-16-5-6-20(14-21(16)26)36(33,34)31-11-7-17(8-12-31)25-30-22(15-35-25)24(32)29-19-4-2-3-18(13-19)23-27-9-10-28-23/h2-6,13-15,17H,7-12H2,1H3,(H,27,28)(H,29,32). The van der Waals surface area contributed by atoms with Crippen LogP contribution in [0.25, 0.3) is 0 Å². The highest BCUT2D eigenvalue weighted by Gasteiger charge is 2.31. The molecule has 1 amide bonds. The summed E-state index contributed by atoms with van der Waals surface area (Å²) >= 11 is 7.59. The van der Waals surface area contributed by atoms with E-state index in [1.54, 1.807) is 17.5 Å². The minimum absolute atomic E-state index is 0.111. The molecule has 5 rings (SSSR count). The van der Waals surface area contributed by atoms with Crippen molar-refractivity contribution in [2.24, 2.45) is 4.99 Å². The Morgan fingerprint density at radius 1 is 1.19 bits per heavy atom. The highest BCUT2D eigenvalue weighted by atomic mass is 35.5. The van der Waals surface area contributed by atoms with Gasteiger partial charge < -0.3 is 10.6 Å². The second kappa shape index (κ2) is 10.3. The summed E-state index contributed by atoms with van der Waals surface area (Å²) in [6.07, 6.45) is 1.29. The average Bonchev–Trinajstić information content (AvgIpc) is 3.59. The topological polar surface area (TPSA) is 104 Å². The molecule has 0 spiro atoms. The summed E-state index contributed by atoms with van der Waals surface area (Å²) in [6.45, 7) is 4.19. The number of rotatable bonds is 6. The van der Waals surface area contributed by atoms with E-state index < -0.39 is 10.0 Å². The van der Waals surface area contributed by atoms with Crippen LogP contribution in [0.1, 0.15) is 45.4 Å². The van der Waals surface area contributed by atoms with Gasteiger partial charge in [-0.3, -0.25) is 9.79 Å². The van der Waals surface area contributed by atoms with Crippen molar-refractivity contribution in [3.8, 4) is 0 Å². The maximum Gasteiger partial charge on any atom is 0.275 e. The first-order chi connectivity index (χ1) is 17.3. The van der Waals surface area contributed by atoms with E-state index in [2.05, 4.69) is 20.6 Å². The second-order valence-corrected chi connectivity index (χ2v) is 12.1. The molecule has 3 heterocycles. The molecular formula is C25H26ClN5O3S2. The number of anilines is 1. The normalized spacial score (nSPS) is 17.0. The zero-order valence-electron chi connectivity index (χ0n) is 19.7. The van der Waals surface area contributed by atoms with Gasteiger partial charge in [-0.15, -0.1) is 11.3 Å². The van der Waals surface area contributed by atoms with E-state index in [9.17, 15) is 13.2 Å². The van der Waals surface area contributed by atoms with Gasteiger partial charge in [0.15, 0.2) is 0 Å². The van der Waals surface area contributed by atoms with E-state index in [1.165, 1.54) is 21.7 Å². The molecule has 1 fully saturated rings. The number of thiazole rings is 1. The van der Waals surface area contributed by atoms with Gasteiger partial charge in [-0.25, -0.2) is 13.4 Å². The minimum Gasteiger partial charge on any atom is -0.368 e. The molecule has 2 aliphatic heterocycles. The van der Waals surface area contributed by atoms with Crippen molar-refractivity contribution in [3.63, 3.8) is 0 Å². The number of piperidine rings is 1. The highest BCUT2D eigenvalue weighted by molar-refractivity contribution is 7.89. The molecule has 2 aliphatic rings. The van der Waals surface area contributed by atoms with Gasteiger partial charge in [-0.05, 0) is 49.6 Å². The van der Waals surface area contributed by atoms with Crippen LogP contribution in [-0.2, 0) is 10.0 Å². The number of carbonyl (C=O) groups excluding carboxylic acids is 1. The summed E-state index contributed by atoms with van der Waals surface area (Å²) in [7, 11) is -3.60. The fourth-order valence-corrected chi connectivity index (χ4v) is 7.05. The number of aliphatic imine (C=N–C) groups is 1. The van der Waals surface area contributed by atoms with Gasteiger partial charge in [0.05, 0.1) is 16.4 Å². The number of amides is 1. The largest absolute Gasteiger partial charge is 0.368 e. The fourth-order valence-electron chi connectivity index (χ4n) is 4.34. The summed E-state index contributed by atoms with van der Waals surface area (Å²) in [5.74, 6) is 0.674. The lowest BCUT2D eigenvalue weighted by Gasteiger charge is -2.30. The van der Waals surface area contributed by atoms with Crippen LogP contribution in [0.3, 0.4) is 0 Å². The van der Waals surface area contributed by atoms with E-state index in [0.29, 0.717) is 42.3 Å². The molecular weight excluding hydrogens is 518 g/mol. The molecule has 2 aromatic carbocycles. The first-order valence-corrected chi connectivity index (χ1v) is 14.4. The van der Waals surface area contributed by atoms with Crippen LogP contribution in [0, 0.1) is 6.92 Å². The van der Waals surface area contributed by atoms with Crippen molar-refractivity contribution < 1.29 is 13.2 Å². The number of carbonyl (C=O) groups is 1. The van der Waals surface area contributed by atoms with Crippen LogP contribution in [0.15, 0.2) is 57.7 Å². The lowest BCUT2D eigenvalue weighted by molar-refractivity contribution is 0.102. The Kier molecular flexibility index (Phi) is 7.11. The molecule has 0 atom stereocenters. The van der Waals surface area contributed by atoms with Crippen LogP contribution in [0.5, 0.6) is 0 Å². The maximum absolute atomic E-state index is 13.1. The van der Waals surface area contributed by atoms with Crippen LogP contribution in [0.2, 0.25) is 5.02 Å². The highest BCUT2D eigenvalue weighted by Crippen LogP contribution is 2.33. The summed E-state index contributed by atoms with van der Waals surface area (Å²) in [4.78, 5) is 22.0. The van der Waals surface area contributed by atoms with E-state index in [1.807, 2.05) is 31.2 Å². The van der Waals surface area contributed by atoms with Crippen molar-refractivity contribution in [2.75, 3.05) is 31.5 Å². The van der Waals surface area contributed by atoms with Crippen molar-refractivity contribution in [1.29, 1.82) is 0 Å². The summed E-state index contributed by atoms with van der Waals surface area (Å²) in [5, 5.41) is 9.20. The number of nitrogens with one attached hydrogen (secondary N) is 2. The van der Waals surface area contributed by atoms with Gasteiger partial charge >= 0.3 is 0 Å². The number of halogens is 1. The number of amidine groups is 1. The molecule has 0 unspecified atom stereocenters. The van der Waals surface area contributed by atoms with Gasteiger partial charge in [0.25, 0.3) is 5.91 Å². The second-order valence-electron chi connectivity index (χ2n) is 8.85. The molecule has 0 saturated carbocycles. The number of hydrogen-bond acceptors (Lipinski definition) is 7. The number of nitrogens with zero attached hydrogens (tertiary/aromatic N) is 3.